The molecule has 1 saturated carbocycles. The van der Waals surface area contributed by atoms with E-state index in [9.17, 15) is 5.11 Å². The lowest BCUT2D eigenvalue weighted by Gasteiger charge is -2.32. The van der Waals surface area contributed by atoms with Crippen molar-refractivity contribution in [2.75, 3.05) is 11.9 Å². The van der Waals surface area contributed by atoms with Gasteiger partial charge in [-0.2, -0.15) is 20.1 Å². The van der Waals surface area contributed by atoms with E-state index < -0.39 is 5.60 Å². The molecule has 2 heterocycles. The standard InChI is InChI=1S/C13H17ClN6O/c14-10-17-11(15-9-13(21)5-2-1-3-6-13)19-12(18-10)20-8-4-7-16-20/h4,7-8,21H,1-3,5-6,9H2,(H,15,17,18,19). The zero-order valence-electron chi connectivity index (χ0n) is 11.5. The molecular formula is C13H17ClN6O. The molecule has 2 aromatic rings. The summed E-state index contributed by atoms with van der Waals surface area (Å²) in [5.74, 6) is 0.692. The fourth-order valence-electron chi connectivity index (χ4n) is 2.54. The highest BCUT2D eigenvalue weighted by Crippen LogP contribution is 2.28. The minimum absolute atomic E-state index is 0.0913. The van der Waals surface area contributed by atoms with Crippen molar-refractivity contribution in [1.82, 2.24) is 24.7 Å². The van der Waals surface area contributed by atoms with Crippen LogP contribution in [0.25, 0.3) is 5.95 Å². The van der Waals surface area contributed by atoms with E-state index in [1.807, 2.05) is 0 Å². The Labute approximate surface area is 127 Å². The average molecular weight is 309 g/mol. The Kier molecular flexibility index (Phi) is 4.03. The monoisotopic (exact) mass is 308 g/mol. The number of aromatic nitrogens is 5. The minimum atomic E-state index is -0.691. The maximum Gasteiger partial charge on any atom is 0.256 e. The van der Waals surface area contributed by atoms with Crippen molar-refractivity contribution in [1.29, 1.82) is 0 Å². The summed E-state index contributed by atoms with van der Waals surface area (Å²) in [5.41, 5.74) is -0.691. The van der Waals surface area contributed by atoms with Gasteiger partial charge in [0.1, 0.15) is 0 Å². The normalized spacial score (nSPS) is 17.6. The molecule has 0 bridgehead atoms. The molecule has 2 N–H and O–H groups in total. The second kappa shape index (κ2) is 5.95. The van der Waals surface area contributed by atoms with Gasteiger partial charge in [-0.3, -0.25) is 0 Å². The molecule has 21 heavy (non-hydrogen) atoms. The lowest BCUT2D eigenvalue weighted by Crippen LogP contribution is -2.39. The quantitative estimate of drug-likeness (QED) is 0.895. The molecule has 1 aliphatic rings. The van der Waals surface area contributed by atoms with E-state index >= 15 is 0 Å². The van der Waals surface area contributed by atoms with E-state index in [4.69, 9.17) is 11.6 Å². The summed E-state index contributed by atoms with van der Waals surface area (Å²) in [5, 5.41) is 17.7. The van der Waals surface area contributed by atoms with Gasteiger partial charge in [-0.25, -0.2) is 4.68 Å². The Balaban J connectivity index is 1.73. The van der Waals surface area contributed by atoms with Crippen molar-refractivity contribution in [3.63, 3.8) is 0 Å². The molecule has 112 valence electrons. The lowest BCUT2D eigenvalue weighted by molar-refractivity contribution is 0.0166. The minimum Gasteiger partial charge on any atom is -0.388 e. The average Bonchev–Trinajstić information content (AvgIpc) is 3.00. The molecule has 0 radical (unpaired) electrons. The van der Waals surface area contributed by atoms with Crippen molar-refractivity contribution in [2.45, 2.75) is 37.7 Å². The molecule has 0 aliphatic heterocycles. The third-order valence-corrected chi connectivity index (χ3v) is 3.83. The van der Waals surface area contributed by atoms with Gasteiger partial charge in [0.15, 0.2) is 0 Å². The number of rotatable bonds is 4. The second-order valence-electron chi connectivity index (χ2n) is 5.32. The Bertz CT molecular complexity index is 597. The highest BCUT2D eigenvalue weighted by atomic mass is 35.5. The summed E-state index contributed by atoms with van der Waals surface area (Å²) in [6.07, 6.45) is 8.24. The second-order valence-corrected chi connectivity index (χ2v) is 5.66. The summed E-state index contributed by atoms with van der Waals surface area (Å²) in [4.78, 5) is 12.3. The molecule has 0 saturated heterocycles. The Morgan fingerprint density at radius 2 is 2.05 bits per heavy atom. The van der Waals surface area contributed by atoms with Crippen LogP contribution < -0.4 is 5.32 Å². The maximum absolute atomic E-state index is 10.5. The van der Waals surface area contributed by atoms with Crippen LogP contribution in [0.5, 0.6) is 0 Å². The van der Waals surface area contributed by atoms with Gasteiger partial charge in [0.2, 0.25) is 11.2 Å². The smallest absolute Gasteiger partial charge is 0.256 e. The Morgan fingerprint density at radius 3 is 2.76 bits per heavy atom. The Morgan fingerprint density at radius 1 is 1.24 bits per heavy atom. The molecule has 0 spiro atoms. The molecule has 0 atom stereocenters. The SMILES string of the molecule is OC1(CNc2nc(Cl)nc(-n3cccn3)n2)CCCCC1. The highest BCUT2D eigenvalue weighted by molar-refractivity contribution is 6.28. The van der Waals surface area contributed by atoms with Gasteiger partial charge in [-0.05, 0) is 30.5 Å². The predicted molar refractivity (Wildman–Crippen MR) is 78.5 cm³/mol. The summed E-state index contributed by atoms with van der Waals surface area (Å²) in [6.45, 7) is 0.409. The number of nitrogens with zero attached hydrogens (tertiary/aromatic N) is 5. The van der Waals surface area contributed by atoms with Gasteiger partial charge in [0.05, 0.1) is 5.60 Å². The third kappa shape index (κ3) is 3.48. The van der Waals surface area contributed by atoms with Crippen molar-refractivity contribution < 1.29 is 5.11 Å². The van der Waals surface area contributed by atoms with Crippen molar-refractivity contribution >= 4 is 17.5 Å². The summed E-state index contributed by atoms with van der Waals surface area (Å²) in [7, 11) is 0. The third-order valence-electron chi connectivity index (χ3n) is 3.67. The molecule has 1 fully saturated rings. The van der Waals surface area contributed by atoms with Crippen LogP contribution >= 0.6 is 11.6 Å². The van der Waals surface area contributed by atoms with Gasteiger partial charge in [-0.15, -0.1) is 0 Å². The Hall–Kier alpha value is -1.73. The topological polar surface area (TPSA) is 88.8 Å². The van der Waals surface area contributed by atoms with Crippen molar-refractivity contribution in [3.8, 4) is 5.95 Å². The zero-order chi connectivity index (χ0) is 14.7. The molecule has 3 rings (SSSR count). The summed E-state index contributed by atoms with van der Waals surface area (Å²) < 4.78 is 1.51. The van der Waals surface area contributed by atoms with Crippen LogP contribution in [0.2, 0.25) is 5.28 Å². The molecule has 0 amide bonds. The number of hydrogen-bond acceptors (Lipinski definition) is 6. The highest BCUT2D eigenvalue weighted by Gasteiger charge is 2.29. The van der Waals surface area contributed by atoms with E-state index in [-0.39, 0.29) is 5.28 Å². The van der Waals surface area contributed by atoms with Crippen LogP contribution in [0.15, 0.2) is 18.5 Å². The van der Waals surface area contributed by atoms with Crippen molar-refractivity contribution in [3.05, 3.63) is 23.7 Å². The van der Waals surface area contributed by atoms with E-state index in [0.29, 0.717) is 18.4 Å². The van der Waals surface area contributed by atoms with E-state index in [0.717, 1.165) is 25.7 Å². The van der Waals surface area contributed by atoms with Crippen LogP contribution in [-0.4, -0.2) is 42.0 Å². The molecule has 8 heteroatoms. The number of anilines is 1. The number of halogens is 1. The molecule has 2 aromatic heterocycles. The fourth-order valence-corrected chi connectivity index (χ4v) is 2.69. The van der Waals surface area contributed by atoms with Gasteiger partial charge in [-0.1, -0.05) is 19.3 Å². The molecule has 0 aromatic carbocycles. The van der Waals surface area contributed by atoms with Crippen LogP contribution in [-0.2, 0) is 0 Å². The molecule has 7 nitrogen and oxygen atoms in total. The van der Waals surface area contributed by atoms with Gasteiger partial charge in [0.25, 0.3) is 5.95 Å². The van der Waals surface area contributed by atoms with Crippen LogP contribution in [0.4, 0.5) is 5.95 Å². The fraction of sp³-hybridized carbons (Fsp3) is 0.538. The number of nitrogens with one attached hydrogen (secondary N) is 1. The van der Waals surface area contributed by atoms with Gasteiger partial charge < -0.3 is 10.4 Å². The largest absolute Gasteiger partial charge is 0.388 e. The zero-order valence-corrected chi connectivity index (χ0v) is 12.3. The van der Waals surface area contributed by atoms with Gasteiger partial charge >= 0.3 is 0 Å². The first kappa shape index (κ1) is 14.2. The summed E-state index contributed by atoms with van der Waals surface area (Å²) >= 11 is 5.92. The maximum atomic E-state index is 10.5. The van der Waals surface area contributed by atoms with E-state index in [1.54, 1.807) is 18.5 Å². The molecule has 0 unspecified atom stereocenters. The first-order valence-electron chi connectivity index (χ1n) is 7.03. The molecular weight excluding hydrogens is 292 g/mol. The van der Waals surface area contributed by atoms with Crippen LogP contribution in [0.1, 0.15) is 32.1 Å². The van der Waals surface area contributed by atoms with E-state index in [1.165, 1.54) is 11.1 Å². The van der Waals surface area contributed by atoms with Crippen LogP contribution in [0.3, 0.4) is 0 Å². The number of hydrogen-bond donors (Lipinski definition) is 2. The van der Waals surface area contributed by atoms with Crippen molar-refractivity contribution in [2.24, 2.45) is 0 Å². The number of aliphatic hydroxyl groups is 1. The summed E-state index contributed by atoms with van der Waals surface area (Å²) in [6, 6.07) is 1.77. The lowest BCUT2D eigenvalue weighted by atomic mass is 9.85. The van der Waals surface area contributed by atoms with Gasteiger partial charge in [0, 0.05) is 18.9 Å². The van der Waals surface area contributed by atoms with E-state index in [2.05, 4.69) is 25.4 Å². The predicted octanol–water partition coefficient (Wildman–Crippen LogP) is 1.82. The van der Waals surface area contributed by atoms with Crippen LogP contribution in [0, 0.1) is 0 Å². The molecule has 1 aliphatic carbocycles. The first-order chi connectivity index (χ1) is 10.1. The first-order valence-corrected chi connectivity index (χ1v) is 7.40.